The summed E-state index contributed by atoms with van der Waals surface area (Å²) in [6, 6.07) is 1.81. The zero-order chi connectivity index (χ0) is 15.7. The van der Waals surface area contributed by atoms with Crippen LogP contribution in [0.15, 0.2) is 16.3 Å². The number of rotatable bonds is 3. The number of hydrogen-bond acceptors (Lipinski definition) is 5. The molecule has 3 heterocycles. The monoisotopic (exact) mass is 343 g/mol. The summed E-state index contributed by atoms with van der Waals surface area (Å²) in [5.41, 5.74) is 0. The summed E-state index contributed by atoms with van der Waals surface area (Å²) in [6.45, 7) is 3.58. The van der Waals surface area contributed by atoms with Crippen LogP contribution < -0.4 is 5.14 Å². The molecule has 0 bridgehead atoms. The molecule has 0 aliphatic carbocycles. The van der Waals surface area contributed by atoms with E-state index in [2.05, 4.69) is 4.90 Å². The third-order valence-corrected chi connectivity index (χ3v) is 6.46. The van der Waals surface area contributed by atoms with Gasteiger partial charge in [0.05, 0.1) is 0 Å². The Kier molecular flexibility index (Phi) is 4.54. The lowest BCUT2D eigenvalue weighted by atomic mass is 10.0. The quantitative estimate of drug-likeness (QED) is 0.891. The fourth-order valence-corrected chi connectivity index (χ4v) is 5.30. The molecule has 2 aliphatic rings. The zero-order valence-corrected chi connectivity index (χ0v) is 14.0. The van der Waals surface area contributed by atoms with Crippen LogP contribution in [-0.4, -0.2) is 56.3 Å². The van der Waals surface area contributed by atoms with E-state index in [4.69, 9.17) is 5.14 Å². The van der Waals surface area contributed by atoms with Crippen LogP contribution in [0.1, 0.15) is 35.4 Å². The summed E-state index contributed by atoms with van der Waals surface area (Å²) in [7, 11) is -3.85. The van der Waals surface area contributed by atoms with Gasteiger partial charge in [-0.25, -0.2) is 13.6 Å². The molecule has 1 aromatic rings. The number of primary sulfonamides is 1. The Morgan fingerprint density at radius 2 is 1.95 bits per heavy atom. The second kappa shape index (κ2) is 6.27. The molecule has 1 amide bonds. The van der Waals surface area contributed by atoms with Crippen molar-refractivity contribution in [2.24, 2.45) is 5.14 Å². The van der Waals surface area contributed by atoms with Crippen molar-refractivity contribution in [3.8, 4) is 0 Å². The Morgan fingerprint density at radius 1 is 1.23 bits per heavy atom. The van der Waals surface area contributed by atoms with Crippen molar-refractivity contribution in [1.29, 1.82) is 0 Å². The highest BCUT2D eigenvalue weighted by Crippen LogP contribution is 2.26. The minimum absolute atomic E-state index is 0.0502. The second-order valence-corrected chi connectivity index (χ2v) is 8.40. The predicted octanol–water partition coefficient (Wildman–Crippen LogP) is 1.10. The van der Waals surface area contributed by atoms with Crippen LogP contribution in [-0.2, 0) is 10.0 Å². The van der Waals surface area contributed by atoms with Crippen molar-refractivity contribution >= 4 is 27.3 Å². The van der Waals surface area contributed by atoms with Gasteiger partial charge in [-0.15, -0.1) is 11.3 Å². The van der Waals surface area contributed by atoms with E-state index >= 15 is 0 Å². The fourth-order valence-electron chi connectivity index (χ4n) is 3.37. The molecule has 3 rings (SSSR count). The summed E-state index contributed by atoms with van der Waals surface area (Å²) in [4.78, 5) is 17.1. The molecule has 22 heavy (non-hydrogen) atoms. The number of carbonyl (C=O) groups excluding carboxylic acids is 1. The van der Waals surface area contributed by atoms with E-state index in [0.29, 0.717) is 19.1 Å². The maximum atomic E-state index is 12.7. The van der Waals surface area contributed by atoms with Gasteiger partial charge in [0.2, 0.25) is 10.0 Å². The maximum absolute atomic E-state index is 12.7. The summed E-state index contributed by atoms with van der Waals surface area (Å²) in [5, 5.41) is 6.80. The van der Waals surface area contributed by atoms with E-state index in [-0.39, 0.29) is 15.7 Å². The summed E-state index contributed by atoms with van der Waals surface area (Å²) < 4.78 is 23.2. The number of likely N-dealkylation sites (tertiary alicyclic amines) is 2. The number of sulfonamides is 1. The van der Waals surface area contributed by atoms with Gasteiger partial charge in [-0.3, -0.25) is 9.69 Å². The lowest BCUT2D eigenvalue weighted by molar-refractivity contribution is 0.0609. The van der Waals surface area contributed by atoms with Gasteiger partial charge in [0.15, 0.2) is 0 Å². The van der Waals surface area contributed by atoms with Crippen molar-refractivity contribution in [3.05, 3.63) is 16.3 Å². The summed E-state index contributed by atoms with van der Waals surface area (Å²) in [6.07, 6.45) is 4.52. The third kappa shape index (κ3) is 3.19. The van der Waals surface area contributed by atoms with Gasteiger partial charge in [-0.1, -0.05) is 0 Å². The van der Waals surface area contributed by atoms with Crippen molar-refractivity contribution in [2.75, 3.05) is 26.2 Å². The molecule has 2 N–H and O–H groups in total. The second-order valence-electron chi connectivity index (χ2n) is 5.95. The molecule has 1 atom stereocenters. The molecule has 122 valence electrons. The molecule has 0 saturated carbocycles. The molecule has 8 heteroatoms. The minimum Gasteiger partial charge on any atom is -0.336 e. The number of amides is 1. The van der Waals surface area contributed by atoms with Crippen LogP contribution in [0.4, 0.5) is 0 Å². The third-order valence-electron chi connectivity index (χ3n) is 4.47. The van der Waals surface area contributed by atoms with Gasteiger partial charge in [-0.05, 0) is 50.2 Å². The number of piperidine rings is 1. The zero-order valence-electron chi connectivity index (χ0n) is 12.4. The molecule has 0 spiro atoms. The van der Waals surface area contributed by atoms with Crippen molar-refractivity contribution in [1.82, 2.24) is 9.80 Å². The average Bonchev–Trinajstić information content (AvgIpc) is 3.17. The maximum Gasteiger partial charge on any atom is 0.265 e. The first-order chi connectivity index (χ1) is 10.5. The Labute approximate surface area is 134 Å². The van der Waals surface area contributed by atoms with Crippen LogP contribution in [0.3, 0.4) is 0 Å². The van der Waals surface area contributed by atoms with E-state index in [1.165, 1.54) is 18.9 Å². The Morgan fingerprint density at radius 3 is 2.64 bits per heavy atom. The predicted molar refractivity (Wildman–Crippen MR) is 85.4 cm³/mol. The van der Waals surface area contributed by atoms with Gasteiger partial charge in [0.25, 0.3) is 5.91 Å². The minimum atomic E-state index is -3.85. The van der Waals surface area contributed by atoms with E-state index in [9.17, 15) is 13.2 Å². The first kappa shape index (κ1) is 15.9. The highest BCUT2D eigenvalue weighted by molar-refractivity contribution is 7.89. The molecule has 2 saturated heterocycles. The van der Waals surface area contributed by atoms with Crippen molar-refractivity contribution in [3.63, 3.8) is 0 Å². The highest BCUT2D eigenvalue weighted by Gasteiger charge is 2.32. The molecule has 0 radical (unpaired) electrons. The summed E-state index contributed by atoms with van der Waals surface area (Å²) in [5.74, 6) is -0.206. The van der Waals surface area contributed by atoms with E-state index < -0.39 is 10.0 Å². The van der Waals surface area contributed by atoms with Crippen LogP contribution in [0.5, 0.6) is 0 Å². The standard InChI is InChI=1S/C14H21N3O3S2/c15-22(19,20)12-5-9-21-13(12)14(18)17-8-3-4-11(10-17)16-6-1-2-7-16/h5,9,11H,1-4,6-8,10H2,(H2,15,19,20)/t11-/m0/s1. The van der Waals surface area contributed by atoms with Gasteiger partial charge < -0.3 is 4.90 Å². The normalized spacial score (nSPS) is 23.9. The van der Waals surface area contributed by atoms with Gasteiger partial charge in [0, 0.05) is 19.1 Å². The smallest absolute Gasteiger partial charge is 0.265 e. The lowest BCUT2D eigenvalue weighted by Crippen LogP contribution is -2.49. The van der Waals surface area contributed by atoms with Crippen LogP contribution in [0, 0.1) is 0 Å². The number of carbonyl (C=O) groups is 1. The van der Waals surface area contributed by atoms with E-state index in [1.54, 1.807) is 10.3 Å². The molecule has 0 unspecified atom stereocenters. The Balaban J connectivity index is 1.76. The molecular formula is C14H21N3O3S2. The van der Waals surface area contributed by atoms with E-state index in [1.807, 2.05) is 0 Å². The Bertz CT molecular complexity index is 650. The highest BCUT2D eigenvalue weighted by atomic mass is 32.2. The van der Waals surface area contributed by atoms with E-state index in [0.717, 1.165) is 37.3 Å². The first-order valence-electron chi connectivity index (χ1n) is 7.60. The van der Waals surface area contributed by atoms with Gasteiger partial charge in [0.1, 0.15) is 9.77 Å². The van der Waals surface area contributed by atoms with Crippen molar-refractivity contribution in [2.45, 2.75) is 36.6 Å². The van der Waals surface area contributed by atoms with Gasteiger partial charge in [-0.2, -0.15) is 0 Å². The Hall–Kier alpha value is -0.960. The number of nitrogens with zero attached hydrogens (tertiary/aromatic N) is 2. The van der Waals surface area contributed by atoms with Crippen LogP contribution in [0.2, 0.25) is 0 Å². The fraction of sp³-hybridized carbons (Fsp3) is 0.643. The average molecular weight is 343 g/mol. The van der Waals surface area contributed by atoms with Gasteiger partial charge >= 0.3 is 0 Å². The van der Waals surface area contributed by atoms with Crippen LogP contribution in [0.25, 0.3) is 0 Å². The van der Waals surface area contributed by atoms with Crippen LogP contribution >= 0.6 is 11.3 Å². The largest absolute Gasteiger partial charge is 0.336 e. The molecule has 6 nitrogen and oxygen atoms in total. The van der Waals surface area contributed by atoms with Crippen molar-refractivity contribution < 1.29 is 13.2 Å². The molecule has 0 aromatic carbocycles. The molecule has 2 aliphatic heterocycles. The molecule has 1 aromatic heterocycles. The first-order valence-corrected chi connectivity index (χ1v) is 10.0. The topological polar surface area (TPSA) is 83.7 Å². The lowest BCUT2D eigenvalue weighted by Gasteiger charge is -2.37. The summed E-state index contributed by atoms with van der Waals surface area (Å²) >= 11 is 1.15. The molecule has 2 fully saturated rings. The number of thiophene rings is 1. The number of nitrogens with two attached hydrogens (primary N) is 1. The number of hydrogen-bond donors (Lipinski definition) is 1. The molecular weight excluding hydrogens is 322 g/mol. The SMILES string of the molecule is NS(=O)(=O)c1ccsc1C(=O)N1CCC[C@H](N2CCCC2)C1.